The number of nitrogens with one attached hydrogen (secondary N) is 1. The maximum Gasteiger partial charge on any atom is 0.204 e. The summed E-state index contributed by atoms with van der Waals surface area (Å²) in [4.78, 5) is 18.6. The highest BCUT2D eigenvalue weighted by Crippen LogP contribution is 2.24. The fraction of sp³-hybridized carbons (Fsp3) is 0.412. The lowest BCUT2D eigenvalue weighted by atomic mass is 10.0. The predicted molar refractivity (Wildman–Crippen MR) is 95.8 cm³/mol. The number of thioether (sulfide) groups is 1. The minimum absolute atomic E-state index is 0.0347. The zero-order chi connectivity index (χ0) is 16.1. The van der Waals surface area contributed by atoms with Crippen molar-refractivity contribution in [2.75, 3.05) is 31.3 Å². The standard InChI is InChI=1S/C17H20N2O2S2/c1-22-14-6-2-5-13(8-14)16(20)15-10-19-17(23-15)18-9-12-4-3-7-21-11-12/h2,5-6,8,10,12H,3-4,7,9,11H2,1H3,(H,18,19). The van der Waals surface area contributed by atoms with Crippen molar-refractivity contribution in [3.05, 3.63) is 40.9 Å². The van der Waals surface area contributed by atoms with Gasteiger partial charge < -0.3 is 10.1 Å². The van der Waals surface area contributed by atoms with Crippen LogP contribution in [0.25, 0.3) is 0 Å². The Labute approximate surface area is 144 Å². The van der Waals surface area contributed by atoms with Crippen LogP contribution in [-0.4, -0.2) is 36.8 Å². The summed E-state index contributed by atoms with van der Waals surface area (Å²) in [6.45, 7) is 2.54. The van der Waals surface area contributed by atoms with Gasteiger partial charge in [0, 0.05) is 23.6 Å². The van der Waals surface area contributed by atoms with E-state index in [0.29, 0.717) is 16.4 Å². The van der Waals surface area contributed by atoms with E-state index >= 15 is 0 Å². The van der Waals surface area contributed by atoms with E-state index in [1.165, 1.54) is 17.8 Å². The molecule has 1 N–H and O–H groups in total. The normalized spacial score (nSPS) is 17.9. The summed E-state index contributed by atoms with van der Waals surface area (Å²) in [6.07, 6.45) is 5.98. The number of nitrogens with zero attached hydrogens (tertiary/aromatic N) is 1. The van der Waals surface area contributed by atoms with Crippen LogP contribution >= 0.6 is 23.1 Å². The average molecular weight is 348 g/mol. The van der Waals surface area contributed by atoms with Crippen LogP contribution < -0.4 is 5.32 Å². The summed E-state index contributed by atoms with van der Waals surface area (Å²) in [5.74, 6) is 0.567. The van der Waals surface area contributed by atoms with Crippen molar-refractivity contribution in [3.63, 3.8) is 0 Å². The lowest BCUT2D eigenvalue weighted by Gasteiger charge is -2.21. The number of anilines is 1. The lowest BCUT2D eigenvalue weighted by Crippen LogP contribution is -2.24. The molecule has 0 spiro atoms. The molecule has 0 saturated carbocycles. The molecule has 0 radical (unpaired) electrons. The first-order chi connectivity index (χ1) is 11.3. The van der Waals surface area contributed by atoms with Gasteiger partial charge in [-0.3, -0.25) is 4.79 Å². The fourth-order valence-corrected chi connectivity index (χ4v) is 3.81. The lowest BCUT2D eigenvalue weighted by molar-refractivity contribution is 0.0595. The van der Waals surface area contributed by atoms with Crippen molar-refractivity contribution < 1.29 is 9.53 Å². The van der Waals surface area contributed by atoms with E-state index in [9.17, 15) is 4.79 Å². The largest absolute Gasteiger partial charge is 0.381 e. The van der Waals surface area contributed by atoms with E-state index < -0.39 is 0 Å². The van der Waals surface area contributed by atoms with Crippen molar-refractivity contribution >= 4 is 34.0 Å². The highest BCUT2D eigenvalue weighted by atomic mass is 32.2. The van der Waals surface area contributed by atoms with Crippen molar-refractivity contribution in [2.24, 2.45) is 5.92 Å². The van der Waals surface area contributed by atoms with E-state index in [1.807, 2.05) is 30.5 Å². The van der Waals surface area contributed by atoms with E-state index in [4.69, 9.17) is 4.74 Å². The number of carbonyl (C=O) groups excluding carboxylic acids is 1. The summed E-state index contributed by atoms with van der Waals surface area (Å²) in [6, 6.07) is 7.71. The third-order valence-electron chi connectivity index (χ3n) is 3.86. The summed E-state index contributed by atoms with van der Waals surface area (Å²) in [7, 11) is 0. The molecule has 2 heterocycles. The van der Waals surface area contributed by atoms with E-state index in [1.54, 1.807) is 18.0 Å². The molecule has 2 aromatic rings. The highest BCUT2D eigenvalue weighted by molar-refractivity contribution is 7.98. The number of benzene rings is 1. The van der Waals surface area contributed by atoms with Gasteiger partial charge >= 0.3 is 0 Å². The second kappa shape index (κ2) is 7.95. The number of hydrogen-bond acceptors (Lipinski definition) is 6. The molecule has 23 heavy (non-hydrogen) atoms. The number of thiazole rings is 1. The third kappa shape index (κ3) is 4.34. The highest BCUT2D eigenvalue weighted by Gasteiger charge is 2.16. The third-order valence-corrected chi connectivity index (χ3v) is 5.54. The smallest absolute Gasteiger partial charge is 0.204 e. The maximum atomic E-state index is 12.5. The second-order valence-electron chi connectivity index (χ2n) is 5.55. The molecule has 1 saturated heterocycles. The number of carbonyl (C=O) groups is 1. The minimum atomic E-state index is 0.0347. The first-order valence-electron chi connectivity index (χ1n) is 7.72. The summed E-state index contributed by atoms with van der Waals surface area (Å²) >= 11 is 3.05. The SMILES string of the molecule is CSc1cccc(C(=O)c2cnc(NCC3CCCOC3)s2)c1. The molecule has 0 aliphatic carbocycles. The van der Waals surface area contributed by atoms with Gasteiger partial charge in [-0.15, -0.1) is 11.8 Å². The van der Waals surface area contributed by atoms with Crippen LogP contribution in [0.1, 0.15) is 28.1 Å². The van der Waals surface area contributed by atoms with Crippen molar-refractivity contribution in [1.82, 2.24) is 4.98 Å². The van der Waals surface area contributed by atoms with E-state index in [-0.39, 0.29) is 5.78 Å². The van der Waals surface area contributed by atoms with Crippen LogP contribution in [0.5, 0.6) is 0 Å². The Hall–Kier alpha value is -1.37. The van der Waals surface area contributed by atoms with Gasteiger partial charge in [0.25, 0.3) is 0 Å². The van der Waals surface area contributed by atoms with Crippen LogP contribution in [0.4, 0.5) is 5.13 Å². The fourth-order valence-electron chi connectivity index (χ4n) is 2.57. The Balaban J connectivity index is 1.62. The maximum absolute atomic E-state index is 12.5. The Morgan fingerprint density at radius 3 is 3.22 bits per heavy atom. The molecular weight excluding hydrogens is 328 g/mol. The number of ether oxygens (including phenoxy) is 1. The second-order valence-corrected chi connectivity index (χ2v) is 7.47. The Morgan fingerprint density at radius 2 is 2.43 bits per heavy atom. The molecule has 1 unspecified atom stereocenters. The molecule has 1 fully saturated rings. The first-order valence-corrected chi connectivity index (χ1v) is 9.76. The monoisotopic (exact) mass is 348 g/mol. The molecule has 0 amide bonds. The number of hydrogen-bond donors (Lipinski definition) is 1. The predicted octanol–water partition coefficient (Wildman–Crippen LogP) is 3.93. The van der Waals surface area contributed by atoms with Gasteiger partial charge in [-0.2, -0.15) is 0 Å². The van der Waals surface area contributed by atoms with E-state index in [2.05, 4.69) is 10.3 Å². The van der Waals surface area contributed by atoms with E-state index in [0.717, 1.165) is 36.2 Å². The molecule has 1 aromatic heterocycles. The van der Waals surface area contributed by atoms with Gasteiger partial charge in [-0.25, -0.2) is 4.98 Å². The number of aromatic nitrogens is 1. The van der Waals surface area contributed by atoms with Crippen molar-refractivity contribution in [2.45, 2.75) is 17.7 Å². The number of rotatable bonds is 6. The summed E-state index contributed by atoms with van der Waals surface area (Å²) < 4.78 is 5.48. The molecular formula is C17H20N2O2S2. The van der Waals surface area contributed by atoms with Crippen LogP contribution in [0.3, 0.4) is 0 Å². The Kier molecular flexibility index (Phi) is 5.70. The molecule has 122 valence electrons. The van der Waals surface area contributed by atoms with Crippen molar-refractivity contribution in [3.8, 4) is 0 Å². The molecule has 4 nitrogen and oxygen atoms in total. The Morgan fingerprint density at radius 1 is 1.52 bits per heavy atom. The molecule has 1 aliphatic rings. The van der Waals surface area contributed by atoms with Crippen LogP contribution in [0.2, 0.25) is 0 Å². The average Bonchev–Trinajstić information content (AvgIpc) is 3.09. The van der Waals surface area contributed by atoms with Gasteiger partial charge in [0.05, 0.1) is 17.7 Å². The molecule has 3 rings (SSSR count). The van der Waals surface area contributed by atoms with Gasteiger partial charge in [0.1, 0.15) is 0 Å². The zero-order valence-electron chi connectivity index (χ0n) is 13.1. The molecule has 6 heteroatoms. The van der Waals surface area contributed by atoms with Crippen molar-refractivity contribution in [1.29, 1.82) is 0 Å². The van der Waals surface area contributed by atoms with Gasteiger partial charge in [-0.1, -0.05) is 23.5 Å². The molecule has 1 atom stereocenters. The topological polar surface area (TPSA) is 51.2 Å². The van der Waals surface area contributed by atoms with Crippen LogP contribution in [0, 0.1) is 5.92 Å². The van der Waals surface area contributed by atoms with Gasteiger partial charge in [0.15, 0.2) is 5.13 Å². The Bertz CT molecular complexity index is 666. The zero-order valence-corrected chi connectivity index (χ0v) is 14.7. The first kappa shape index (κ1) is 16.5. The van der Waals surface area contributed by atoms with Gasteiger partial charge in [-0.05, 0) is 37.1 Å². The van der Waals surface area contributed by atoms with Crippen LogP contribution in [-0.2, 0) is 4.74 Å². The van der Waals surface area contributed by atoms with Gasteiger partial charge in [0.2, 0.25) is 5.78 Å². The molecule has 1 aromatic carbocycles. The quantitative estimate of drug-likeness (QED) is 0.633. The summed E-state index contributed by atoms with van der Waals surface area (Å²) in [5.41, 5.74) is 0.715. The minimum Gasteiger partial charge on any atom is -0.381 e. The molecule has 1 aliphatic heterocycles. The summed E-state index contributed by atoms with van der Waals surface area (Å²) in [5, 5.41) is 4.14. The number of ketones is 1. The van der Waals surface area contributed by atoms with Crippen LogP contribution in [0.15, 0.2) is 35.4 Å². The molecule has 0 bridgehead atoms.